The molecule has 0 spiro atoms. The third-order valence-corrected chi connectivity index (χ3v) is 2.89. The Morgan fingerprint density at radius 3 is 2.67 bits per heavy atom. The molecule has 0 aromatic heterocycles. The zero-order valence-electron chi connectivity index (χ0n) is 12.5. The third kappa shape index (κ3) is 5.43. The Labute approximate surface area is 124 Å². The Hall–Kier alpha value is -2.08. The lowest BCUT2D eigenvalue weighted by Gasteiger charge is -2.19. The number of hydrogen-bond acceptors (Lipinski definition) is 3. The van der Waals surface area contributed by atoms with Crippen LogP contribution in [0.25, 0.3) is 0 Å². The van der Waals surface area contributed by atoms with Gasteiger partial charge in [0.15, 0.2) is 0 Å². The average molecular weight is 294 g/mol. The van der Waals surface area contributed by atoms with Crippen LogP contribution in [0.1, 0.15) is 30.1 Å². The molecule has 116 valence electrons. The number of amides is 2. The van der Waals surface area contributed by atoms with Crippen LogP contribution in [0.4, 0.5) is 10.5 Å². The second-order valence-corrected chi connectivity index (χ2v) is 4.58. The van der Waals surface area contributed by atoms with Gasteiger partial charge in [-0.15, -0.1) is 0 Å². The molecule has 0 heterocycles. The predicted molar refractivity (Wildman–Crippen MR) is 80.9 cm³/mol. The van der Waals surface area contributed by atoms with Gasteiger partial charge in [0.05, 0.1) is 11.3 Å². The first-order valence-corrected chi connectivity index (χ1v) is 6.99. The number of anilines is 1. The van der Waals surface area contributed by atoms with Crippen LogP contribution in [0.15, 0.2) is 24.3 Å². The normalized spacial score (nSPS) is 10.2. The van der Waals surface area contributed by atoms with Crippen molar-refractivity contribution in [1.82, 2.24) is 5.32 Å². The summed E-state index contributed by atoms with van der Waals surface area (Å²) in [5.41, 5.74) is 0.464. The highest BCUT2D eigenvalue weighted by Crippen LogP contribution is 2.19. The number of rotatable bonds is 8. The molecule has 0 fully saturated rings. The summed E-state index contributed by atoms with van der Waals surface area (Å²) in [5.74, 6) is -1.06. The number of hydrogen-bond donors (Lipinski definition) is 2. The Kier molecular flexibility index (Phi) is 7.25. The predicted octanol–water partition coefficient (Wildman–Crippen LogP) is 2.35. The van der Waals surface area contributed by atoms with Crippen LogP contribution in [0.2, 0.25) is 0 Å². The summed E-state index contributed by atoms with van der Waals surface area (Å²) in [4.78, 5) is 24.4. The smallest absolute Gasteiger partial charge is 0.337 e. The summed E-state index contributed by atoms with van der Waals surface area (Å²) >= 11 is 0. The first kappa shape index (κ1) is 17.0. The minimum Gasteiger partial charge on any atom is -0.478 e. The highest BCUT2D eigenvalue weighted by atomic mass is 16.5. The lowest BCUT2D eigenvalue weighted by atomic mass is 10.1. The van der Waals surface area contributed by atoms with E-state index < -0.39 is 5.97 Å². The van der Waals surface area contributed by atoms with E-state index in [-0.39, 0.29) is 11.6 Å². The standard InChI is InChI=1S/C15H22N2O4/c1-3-10-21-11-6-9-16-15(20)17(2)13-8-5-4-7-12(13)14(18)19/h4-5,7-8H,3,6,9-11H2,1-2H3,(H,16,20)(H,18,19). The number of carboxylic acids is 1. The second-order valence-electron chi connectivity index (χ2n) is 4.58. The van der Waals surface area contributed by atoms with Crippen molar-refractivity contribution in [2.45, 2.75) is 19.8 Å². The maximum absolute atomic E-state index is 12.0. The molecule has 0 unspecified atom stereocenters. The van der Waals surface area contributed by atoms with Crippen LogP contribution in [0.3, 0.4) is 0 Å². The van der Waals surface area contributed by atoms with E-state index in [4.69, 9.17) is 9.84 Å². The Morgan fingerprint density at radius 2 is 2.00 bits per heavy atom. The number of urea groups is 1. The fourth-order valence-corrected chi connectivity index (χ4v) is 1.79. The maximum atomic E-state index is 12.0. The van der Waals surface area contributed by atoms with Crippen LogP contribution in [-0.2, 0) is 4.74 Å². The van der Waals surface area contributed by atoms with Gasteiger partial charge in [-0.1, -0.05) is 19.1 Å². The molecular formula is C15H22N2O4. The summed E-state index contributed by atoms with van der Waals surface area (Å²) in [6.45, 7) is 3.85. The van der Waals surface area contributed by atoms with E-state index in [1.165, 1.54) is 11.0 Å². The van der Waals surface area contributed by atoms with E-state index in [1.54, 1.807) is 25.2 Å². The summed E-state index contributed by atoms with van der Waals surface area (Å²) in [5, 5.41) is 11.9. The van der Waals surface area contributed by atoms with Crippen molar-refractivity contribution in [1.29, 1.82) is 0 Å². The zero-order chi connectivity index (χ0) is 15.7. The van der Waals surface area contributed by atoms with Crippen molar-refractivity contribution in [2.75, 3.05) is 31.7 Å². The molecule has 0 bridgehead atoms. The van der Waals surface area contributed by atoms with Gasteiger partial charge in [-0.2, -0.15) is 0 Å². The molecule has 0 aliphatic rings. The van der Waals surface area contributed by atoms with E-state index in [1.807, 2.05) is 6.92 Å². The highest BCUT2D eigenvalue weighted by molar-refractivity contribution is 6.01. The van der Waals surface area contributed by atoms with Gasteiger partial charge in [-0.05, 0) is 25.0 Å². The summed E-state index contributed by atoms with van der Waals surface area (Å²) in [7, 11) is 1.55. The topological polar surface area (TPSA) is 78.9 Å². The number of aromatic carboxylic acids is 1. The minimum absolute atomic E-state index is 0.0985. The Bertz CT molecular complexity index is 476. The molecule has 6 nitrogen and oxygen atoms in total. The van der Waals surface area contributed by atoms with E-state index in [0.717, 1.165) is 19.4 Å². The minimum atomic E-state index is -1.06. The molecule has 21 heavy (non-hydrogen) atoms. The van der Waals surface area contributed by atoms with Crippen LogP contribution < -0.4 is 10.2 Å². The number of carboxylic acid groups (broad SMARTS) is 1. The Morgan fingerprint density at radius 1 is 1.29 bits per heavy atom. The lowest BCUT2D eigenvalue weighted by molar-refractivity contribution is 0.0697. The fraction of sp³-hybridized carbons (Fsp3) is 0.467. The summed E-state index contributed by atoms with van der Waals surface area (Å²) in [6, 6.07) is 6.07. The molecule has 0 aliphatic carbocycles. The number of nitrogens with zero attached hydrogens (tertiary/aromatic N) is 1. The molecule has 0 atom stereocenters. The monoisotopic (exact) mass is 294 g/mol. The summed E-state index contributed by atoms with van der Waals surface area (Å²) < 4.78 is 5.32. The van der Waals surface area contributed by atoms with Gasteiger partial charge >= 0.3 is 12.0 Å². The van der Waals surface area contributed by atoms with Gasteiger partial charge in [0.1, 0.15) is 0 Å². The van der Waals surface area contributed by atoms with Gasteiger partial charge in [0, 0.05) is 26.8 Å². The van der Waals surface area contributed by atoms with Crippen molar-refractivity contribution in [3.05, 3.63) is 29.8 Å². The van der Waals surface area contributed by atoms with E-state index in [9.17, 15) is 9.59 Å². The van der Waals surface area contributed by atoms with Crippen molar-refractivity contribution in [3.8, 4) is 0 Å². The Balaban J connectivity index is 2.49. The van der Waals surface area contributed by atoms with Crippen molar-refractivity contribution in [2.24, 2.45) is 0 Å². The molecule has 0 saturated carbocycles. The van der Waals surface area contributed by atoms with E-state index in [0.29, 0.717) is 18.8 Å². The van der Waals surface area contributed by atoms with Gasteiger partial charge in [-0.25, -0.2) is 9.59 Å². The van der Waals surface area contributed by atoms with Crippen molar-refractivity contribution < 1.29 is 19.4 Å². The molecule has 1 aromatic carbocycles. The molecule has 0 saturated heterocycles. The molecule has 0 aliphatic heterocycles. The maximum Gasteiger partial charge on any atom is 0.337 e. The van der Waals surface area contributed by atoms with Crippen molar-refractivity contribution >= 4 is 17.7 Å². The molecule has 1 aromatic rings. The van der Waals surface area contributed by atoms with Crippen LogP contribution >= 0.6 is 0 Å². The van der Waals surface area contributed by atoms with Crippen LogP contribution in [0.5, 0.6) is 0 Å². The number of nitrogens with one attached hydrogen (secondary N) is 1. The number of para-hydroxylation sites is 1. The van der Waals surface area contributed by atoms with Gasteiger partial charge in [-0.3, -0.25) is 4.90 Å². The number of benzene rings is 1. The molecule has 0 radical (unpaired) electrons. The van der Waals surface area contributed by atoms with Crippen LogP contribution in [-0.4, -0.2) is 43.9 Å². The van der Waals surface area contributed by atoms with E-state index in [2.05, 4.69) is 5.32 Å². The quantitative estimate of drug-likeness (QED) is 0.721. The first-order valence-electron chi connectivity index (χ1n) is 6.99. The fourth-order valence-electron chi connectivity index (χ4n) is 1.79. The molecule has 2 amide bonds. The first-order chi connectivity index (χ1) is 10.1. The number of ether oxygens (including phenoxy) is 1. The van der Waals surface area contributed by atoms with Crippen molar-refractivity contribution in [3.63, 3.8) is 0 Å². The number of carbonyl (C=O) groups excluding carboxylic acids is 1. The second kappa shape index (κ2) is 8.97. The molecule has 1 rings (SSSR count). The average Bonchev–Trinajstić information content (AvgIpc) is 2.49. The molecule has 6 heteroatoms. The highest BCUT2D eigenvalue weighted by Gasteiger charge is 2.17. The summed E-state index contributed by atoms with van der Waals surface area (Å²) in [6.07, 6.45) is 1.70. The third-order valence-electron chi connectivity index (χ3n) is 2.89. The van der Waals surface area contributed by atoms with Gasteiger partial charge < -0.3 is 15.2 Å². The number of carbonyl (C=O) groups is 2. The van der Waals surface area contributed by atoms with E-state index >= 15 is 0 Å². The lowest BCUT2D eigenvalue weighted by Crippen LogP contribution is -2.38. The SMILES string of the molecule is CCCOCCCNC(=O)N(C)c1ccccc1C(=O)O. The van der Waals surface area contributed by atoms with Crippen LogP contribution in [0, 0.1) is 0 Å². The largest absolute Gasteiger partial charge is 0.478 e. The zero-order valence-corrected chi connectivity index (χ0v) is 12.5. The van der Waals surface area contributed by atoms with Gasteiger partial charge in [0.2, 0.25) is 0 Å². The molecular weight excluding hydrogens is 272 g/mol. The molecule has 2 N–H and O–H groups in total. The van der Waals surface area contributed by atoms with Gasteiger partial charge in [0.25, 0.3) is 0 Å².